The Morgan fingerprint density at radius 3 is 2.50 bits per heavy atom. The van der Waals surface area contributed by atoms with Crippen molar-refractivity contribution in [3.63, 3.8) is 0 Å². The number of aromatic nitrogens is 2. The Hall–Kier alpha value is -2.19. The van der Waals surface area contributed by atoms with E-state index in [2.05, 4.69) is 14.9 Å². The number of benzene rings is 1. The minimum Gasteiger partial charge on any atom is -0.333 e. The minimum absolute atomic E-state index is 0.206. The van der Waals surface area contributed by atoms with Crippen LogP contribution in [-0.2, 0) is 10.0 Å². The Labute approximate surface area is 131 Å². The molecule has 0 unspecified atom stereocenters. The van der Waals surface area contributed by atoms with Crippen LogP contribution in [0.3, 0.4) is 0 Å². The molecule has 0 saturated carbocycles. The van der Waals surface area contributed by atoms with Crippen molar-refractivity contribution < 1.29 is 12.9 Å². The number of hydrogen-bond acceptors (Lipinski definition) is 6. The summed E-state index contributed by atoms with van der Waals surface area (Å²) in [7, 11) is -3.66. The van der Waals surface area contributed by atoms with Crippen LogP contribution in [0, 0.1) is 13.8 Å². The Balaban J connectivity index is 1.94. The molecule has 3 aromatic rings. The molecule has 0 spiro atoms. The molecular weight excluding hydrogens is 322 g/mol. The predicted molar refractivity (Wildman–Crippen MR) is 84.3 cm³/mol. The summed E-state index contributed by atoms with van der Waals surface area (Å²) in [5.41, 5.74) is 1.42. The normalized spacial score (nSPS) is 11.5. The molecule has 6 nitrogen and oxygen atoms in total. The van der Waals surface area contributed by atoms with Gasteiger partial charge in [-0.2, -0.15) is 4.98 Å². The molecule has 3 rings (SSSR count). The average Bonchev–Trinajstić information content (AvgIpc) is 3.07. The van der Waals surface area contributed by atoms with E-state index in [0.717, 1.165) is 5.56 Å². The summed E-state index contributed by atoms with van der Waals surface area (Å²) in [6, 6.07) is 8.32. The second kappa shape index (κ2) is 5.54. The molecule has 0 fully saturated rings. The van der Waals surface area contributed by atoms with Gasteiger partial charge in [0.15, 0.2) is 5.82 Å². The van der Waals surface area contributed by atoms with E-state index in [4.69, 9.17) is 4.52 Å². The van der Waals surface area contributed by atoms with Crippen LogP contribution in [0.15, 0.2) is 45.1 Å². The summed E-state index contributed by atoms with van der Waals surface area (Å²) >= 11 is 1.33. The standard InChI is InChI=1S/C14H13N3O3S2/c1-9-3-5-11(6-4-9)22(18,19)17-12-7-8-21-13(12)14-15-10(2)16-20-14/h3-8,17H,1-2H3. The van der Waals surface area contributed by atoms with Crippen LogP contribution in [0.5, 0.6) is 0 Å². The van der Waals surface area contributed by atoms with E-state index in [9.17, 15) is 8.42 Å². The van der Waals surface area contributed by atoms with Crippen LogP contribution in [0.2, 0.25) is 0 Å². The van der Waals surface area contributed by atoms with E-state index in [0.29, 0.717) is 22.3 Å². The monoisotopic (exact) mass is 335 g/mol. The molecular formula is C14H13N3O3S2. The van der Waals surface area contributed by atoms with E-state index in [1.165, 1.54) is 11.3 Å². The van der Waals surface area contributed by atoms with Crippen molar-refractivity contribution in [3.8, 4) is 10.8 Å². The highest BCUT2D eigenvalue weighted by atomic mass is 32.2. The van der Waals surface area contributed by atoms with Gasteiger partial charge in [0, 0.05) is 0 Å². The van der Waals surface area contributed by atoms with Crippen LogP contribution in [0.4, 0.5) is 5.69 Å². The smallest absolute Gasteiger partial charge is 0.270 e. The molecule has 0 aliphatic rings. The highest BCUT2D eigenvalue weighted by Crippen LogP contribution is 2.33. The molecule has 2 heterocycles. The van der Waals surface area contributed by atoms with Crippen molar-refractivity contribution in [1.82, 2.24) is 10.1 Å². The Morgan fingerprint density at radius 2 is 1.86 bits per heavy atom. The fourth-order valence-corrected chi connectivity index (χ4v) is 3.77. The lowest BCUT2D eigenvalue weighted by molar-refractivity contribution is 0.426. The summed E-state index contributed by atoms with van der Waals surface area (Å²) in [5, 5.41) is 5.49. The van der Waals surface area contributed by atoms with Crippen molar-refractivity contribution in [2.24, 2.45) is 0 Å². The van der Waals surface area contributed by atoms with Gasteiger partial charge in [0.05, 0.1) is 10.6 Å². The highest BCUT2D eigenvalue weighted by Gasteiger charge is 2.19. The number of nitrogens with one attached hydrogen (secondary N) is 1. The number of thiophene rings is 1. The van der Waals surface area contributed by atoms with E-state index in [1.807, 2.05) is 6.92 Å². The van der Waals surface area contributed by atoms with Gasteiger partial charge in [-0.25, -0.2) is 8.42 Å². The number of rotatable bonds is 4. The average molecular weight is 335 g/mol. The number of anilines is 1. The maximum atomic E-state index is 12.4. The minimum atomic E-state index is -3.66. The van der Waals surface area contributed by atoms with E-state index >= 15 is 0 Å². The summed E-state index contributed by atoms with van der Waals surface area (Å²) < 4.78 is 32.5. The number of nitrogens with zero attached hydrogens (tertiary/aromatic N) is 2. The third-order valence-electron chi connectivity index (χ3n) is 2.96. The molecule has 0 amide bonds. The number of sulfonamides is 1. The van der Waals surface area contributed by atoms with Crippen molar-refractivity contribution in [1.29, 1.82) is 0 Å². The fraction of sp³-hybridized carbons (Fsp3) is 0.143. The van der Waals surface area contributed by atoms with Crippen LogP contribution >= 0.6 is 11.3 Å². The Kier molecular flexibility index (Phi) is 3.71. The van der Waals surface area contributed by atoms with Gasteiger partial charge in [0.2, 0.25) is 0 Å². The van der Waals surface area contributed by atoms with E-state index < -0.39 is 10.0 Å². The Bertz CT molecular complexity index is 896. The summed E-state index contributed by atoms with van der Waals surface area (Å²) in [5.74, 6) is 0.796. The van der Waals surface area contributed by atoms with Crippen LogP contribution in [-0.4, -0.2) is 18.6 Å². The molecule has 114 valence electrons. The summed E-state index contributed by atoms with van der Waals surface area (Å²) in [4.78, 5) is 4.93. The van der Waals surface area contributed by atoms with E-state index in [1.54, 1.807) is 42.6 Å². The second-order valence-corrected chi connectivity index (χ2v) is 7.33. The second-order valence-electron chi connectivity index (χ2n) is 4.73. The van der Waals surface area contributed by atoms with Gasteiger partial charge in [0.25, 0.3) is 15.9 Å². The van der Waals surface area contributed by atoms with Gasteiger partial charge in [-0.3, -0.25) is 4.72 Å². The van der Waals surface area contributed by atoms with Gasteiger partial charge in [-0.05, 0) is 37.4 Å². The first-order chi connectivity index (χ1) is 10.5. The summed E-state index contributed by atoms with van der Waals surface area (Å²) in [6.07, 6.45) is 0. The Morgan fingerprint density at radius 1 is 1.14 bits per heavy atom. The van der Waals surface area contributed by atoms with Crippen molar-refractivity contribution in [2.45, 2.75) is 18.7 Å². The van der Waals surface area contributed by atoms with Crippen molar-refractivity contribution in [2.75, 3.05) is 4.72 Å². The molecule has 0 aliphatic heterocycles. The van der Waals surface area contributed by atoms with E-state index in [-0.39, 0.29) is 4.90 Å². The topological polar surface area (TPSA) is 85.1 Å². The lowest BCUT2D eigenvalue weighted by Gasteiger charge is -2.07. The zero-order chi connectivity index (χ0) is 15.7. The maximum absolute atomic E-state index is 12.4. The third kappa shape index (κ3) is 2.88. The zero-order valence-corrected chi connectivity index (χ0v) is 13.5. The molecule has 0 saturated heterocycles. The van der Waals surface area contributed by atoms with Gasteiger partial charge >= 0.3 is 0 Å². The molecule has 0 aliphatic carbocycles. The third-order valence-corrected chi connectivity index (χ3v) is 5.25. The predicted octanol–water partition coefficient (Wildman–Crippen LogP) is 3.22. The fourth-order valence-electron chi connectivity index (χ4n) is 1.87. The largest absolute Gasteiger partial charge is 0.333 e. The van der Waals surface area contributed by atoms with Crippen LogP contribution < -0.4 is 4.72 Å². The molecule has 0 atom stereocenters. The first-order valence-electron chi connectivity index (χ1n) is 6.43. The van der Waals surface area contributed by atoms with Crippen molar-refractivity contribution >= 4 is 27.0 Å². The van der Waals surface area contributed by atoms with Crippen LogP contribution in [0.1, 0.15) is 11.4 Å². The zero-order valence-electron chi connectivity index (χ0n) is 11.9. The molecule has 0 radical (unpaired) electrons. The highest BCUT2D eigenvalue weighted by molar-refractivity contribution is 7.92. The van der Waals surface area contributed by atoms with Gasteiger partial charge in [-0.15, -0.1) is 11.3 Å². The quantitative estimate of drug-likeness (QED) is 0.791. The molecule has 1 aromatic carbocycles. The lowest BCUT2D eigenvalue weighted by Crippen LogP contribution is -2.12. The molecule has 1 N–H and O–H groups in total. The van der Waals surface area contributed by atoms with Gasteiger partial charge < -0.3 is 4.52 Å². The SMILES string of the molecule is Cc1ccc(S(=O)(=O)Nc2ccsc2-c2nc(C)no2)cc1. The van der Waals surface area contributed by atoms with Crippen LogP contribution in [0.25, 0.3) is 10.8 Å². The molecule has 0 bridgehead atoms. The first-order valence-corrected chi connectivity index (χ1v) is 8.80. The maximum Gasteiger partial charge on any atom is 0.270 e. The van der Waals surface area contributed by atoms with Gasteiger partial charge in [-0.1, -0.05) is 22.9 Å². The first kappa shape index (κ1) is 14.7. The van der Waals surface area contributed by atoms with Crippen molar-refractivity contribution in [3.05, 3.63) is 47.1 Å². The van der Waals surface area contributed by atoms with Gasteiger partial charge in [0.1, 0.15) is 4.88 Å². The summed E-state index contributed by atoms with van der Waals surface area (Å²) in [6.45, 7) is 3.61. The molecule has 22 heavy (non-hydrogen) atoms. The molecule has 8 heteroatoms. The lowest BCUT2D eigenvalue weighted by atomic mass is 10.2. The number of aryl methyl sites for hydroxylation is 2. The number of hydrogen-bond donors (Lipinski definition) is 1. The molecule has 2 aromatic heterocycles.